The van der Waals surface area contributed by atoms with E-state index >= 15 is 0 Å². The number of aromatic nitrogens is 1. The summed E-state index contributed by atoms with van der Waals surface area (Å²) in [7, 11) is 0. The van der Waals surface area contributed by atoms with Gasteiger partial charge in [-0.1, -0.05) is 53.7 Å². The van der Waals surface area contributed by atoms with E-state index in [4.69, 9.17) is 11.6 Å². The zero-order valence-corrected chi connectivity index (χ0v) is 12.3. The highest BCUT2D eigenvalue weighted by molar-refractivity contribution is 7.99. The molecule has 0 spiro atoms. The fourth-order valence-corrected chi connectivity index (χ4v) is 3.10. The minimum Gasteiger partial charge on any atom is -0.258 e. The lowest BCUT2D eigenvalue weighted by atomic mass is 10.1. The lowest BCUT2D eigenvalue weighted by molar-refractivity contribution is -0.388. The van der Waals surface area contributed by atoms with E-state index in [9.17, 15) is 10.1 Å². The van der Waals surface area contributed by atoms with Gasteiger partial charge in [0, 0.05) is 11.0 Å². The molecule has 0 amide bonds. The molecular formula is C15H9ClN2O2S. The Bertz CT molecular complexity index is 839. The first kappa shape index (κ1) is 13.9. The van der Waals surface area contributed by atoms with Crippen LogP contribution in [0.1, 0.15) is 0 Å². The van der Waals surface area contributed by atoms with E-state index in [2.05, 4.69) is 4.98 Å². The van der Waals surface area contributed by atoms with E-state index in [1.807, 2.05) is 42.5 Å². The number of pyridine rings is 1. The molecule has 0 saturated heterocycles. The normalized spacial score (nSPS) is 10.7. The molecule has 0 fully saturated rings. The van der Waals surface area contributed by atoms with Crippen molar-refractivity contribution < 1.29 is 4.92 Å². The van der Waals surface area contributed by atoms with Crippen LogP contribution in [0.2, 0.25) is 5.15 Å². The van der Waals surface area contributed by atoms with Crippen LogP contribution in [-0.4, -0.2) is 9.91 Å². The van der Waals surface area contributed by atoms with Crippen molar-refractivity contribution in [3.63, 3.8) is 0 Å². The zero-order valence-electron chi connectivity index (χ0n) is 10.7. The molecule has 4 nitrogen and oxygen atoms in total. The molecular weight excluding hydrogens is 308 g/mol. The average Bonchev–Trinajstić information content (AvgIpc) is 2.47. The molecule has 6 heteroatoms. The van der Waals surface area contributed by atoms with Gasteiger partial charge in [0.2, 0.25) is 0 Å². The SMILES string of the molecule is O=[N+]([O-])c1ccc(Cl)nc1Sc1ccc2ccccc2c1. The lowest BCUT2D eigenvalue weighted by Crippen LogP contribution is -1.93. The first-order valence-corrected chi connectivity index (χ1v) is 7.30. The van der Waals surface area contributed by atoms with Gasteiger partial charge in [-0.2, -0.15) is 0 Å². The number of rotatable bonds is 3. The van der Waals surface area contributed by atoms with Gasteiger partial charge in [0.05, 0.1) is 4.92 Å². The first-order valence-electron chi connectivity index (χ1n) is 6.11. The summed E-state index contributed by atoms with van der Waals surface area (Å²) >= 11 is 7.07. The summed E-state index contributed by atoms with van der Waals surface area (Å²) in [5.74, 6) is 0. The van der Waals surface area contributed by atoms with Crippen molar-refractivity contribution >= 4 is 39.8 Å². The predicted molar refractivity (Wildman–Crippen MR) is 84.0 cm³/mol. The third-order valence-electron chi connectivity index (χ3n) is 2.94. The maximum absolute atomic E-state index is 11.0. The van der Waals surface area contributed by atoms with Crippen molar-refractivity contribution in [2.75, 3.05) is 0 Å². The topological polar surface area (TPSA) is 56.0 Å². The molecule has 0 saturated carbocycles. The number of benzene rings is 2. The number of hydrogen-bond acceptors (Lipinski definition) is 4. The van der Waals surface area contributed by atoms with Gasteiger partial charge in [-0.05, 0) is 29.0 Å². The van der Waals surface area contributed by atoms with Gasteiger partial charge in [-0.15, -0.1) is 0 Å². The van der Waals surface area contributed by atoms with E-state index in [1.54, 1.807) is 0 Å². The van der Waals surface area contributed by atoms with Crippen LogP contribution in [0.25, 0.3) is 10.8 Å². The third kappa shape index (κ3) is 2.99. The average molecular weight is 317 g/mol. The highest BCUT2D eigenvalue weighted by atomic mass is 35.5. The van der Waals surface area contributed by atoms with Crippen LogP contribution >= 0.6 is 23.4 Å². The second kappa shape index (κ2) is 5.71. The summed E-state index contributed by atoms with van der Waals surface area (Å²) in [5.41, 5.74) is -0.0439. The minimum atomic E-state index is -0.452. The fraction of sp³-hybridized carbons (Fsp3) is 0. The Morgan fingerprint density at radius 3 is 2.57 bits per heavy atom. The van der Waals surface area contributed by atoms with Crippen molar-refractivity contribution in [2.45, 2.75) is 9.92 Å². The molecule has 104 valence electrons. The van der Waals surface area contributed by atoms with E-state index in [0.717, 1.165) is 15.7 Å². The second-order valence-corrected chi connectivity index (χ2v) is 5.78. The molecule has 1 aromatic heterocycles. The van der Waals surface area contributed by atoms with Crippen LogP contribution in [0.3, 0.4) is 0 Å². The largest absolute Gasteiger partial charge is 0.301 e. The first-order chi connectivity index (χ1) is 10.1. The molecule has 21 heavy (non-hydrogen) atoms. The zero-order chi connectivity index (χ0) is 14.8. The Kier molecular flexibility index (Phi) is 3.77. The summed E-state index contributed by atoms with van der Waals surface area (Å²) in [6.07, 6.45) is 0. The molecule has 0 radical (unpaired) electrons. The second-order valence-electron chi connectivity index (χ2n) is 4.33. The van der Waals surface area contributed by atoms with Gasteiger partial charge in [0.15, 0.2) is 5.03 Å². The van der Waals surface area contributed by atoms with Crippen LogP contribution in [0.5, 0.6) is 0 Å². The quantitative estimate of drug-likeness (QED) is 0.390. The van der Waals surface area contributed by atoms with E-state index in [-0.39, 0.29) is 10.8 Å². The van der Waals surface area contributed by atoms with Crippen molar-refractivity contribution in [2.24, 2.45) is 0 Å². The van der Waals surface area contributed by atoms with Crippen LogP contribution < -0.4 is 0 Å². The monoisotopic (exact) mass is 316 g/mol. The number of fused-ring (bicyclic) bond motifs is 1. The smallest absolute Gasteiger partial charge is 0.258 e. The molecule has 0 bridgehead atoms. The molecule has 3 rings (SSSR count). The van der Waals surface area contributed by atoms with E-state index < -0.39 is 4.92 Å². The Labute approximate surface area is 129 Å². The highest BCUT2D eigenvalue weighted by Crippen LogP contribution is 2.35. The molecule has 3 aromatic rings. The summed E-state index contributed by atoms with van der Waals surface area (Å²) in [4.78, 5) is 15.5. The Hall–Kier alpha value is -2.11. The van der Waals surface area contributed by atoms with Crippen molar-refractivity contribution in [3.05, 3.63) is 69.9 Å². The summed E-state index contributed by atoms with van der Waals surface area (Å²) in [6, 6.07) is 16.6. The van der Waals surface area contributed by atoms with Gasteiger partial charge in [-0.3, -0.25) is 10.1 Å². The number of nitro groups is 1. The van der Waals surface area contributed by atoms with Gasteiger partial charge in [0.1, 0.15) is 5.15 Å². The van der Waals surface area contributed by atoms with Crippen molar-refractivity contribution in [1.82, 2.24) is 4.98 Å². The van der Waals surface area contributed by atoms with Gasteiger partial charge in [-0.25, -0.2) is 4.98 Å². The summed E-state index contributed by atoms with van der Waals surface area (Å²) < 4.78 is 0. The van der Waals surface area contributed by atoms with Crippen molar-refractivity contribution in [3.8, 4) is 0 Å². The number of hydrogen-bond donors (Lipinski definition) is 0. The summed E-state index contributed by atoms with van der Waals surface area (Å²) in [5, 5.41) is 13.8. The lowest BCUT2D eigenvalue weighted by Gasteiger charge is -2.04. The molecule has 0 aliphatic rings. The van der Waals surface area contributed by atoms with Gasteiger partial charge < -0.3 is 0 Å². The van der Waals surface area contributed by atoms with Crippen LogP contribution in [-0.2, 0) is 0 Å². The molecule has 0 aliphatic heterocycles. The molecule has 1 heterocycles. The maximum atomic E-state index is 11.0. The molecule has 2 aromatic carbocycles. The standard InChI is InChI=1S/C15H9ClN2O2S/c16-14-8-7-13(18(19)20)15(17-14)21-12-6-5-10-3-1-2-4-11(10)9-12/h1-9H. The molecule has 0 atom stereocenters. The van der Waals surface area contributed by atoms with Crippen LogP contribution in [0, 0.1) is 10.1 Å². The fourth-order valence-electron chi connectivity index (χ4n) is 1.97. The minimum absolute atomic E-state index is 0.0439. The molecule has 0 aliphatic carbocycles. The van der Waals surface area contributed by atoms with Crippen LogP contribution in [0.4, 0.5) is 5.69 Å². The highest BCUT2D eigenvalue weighted by Gasteiger charge is 2.17. The number of halogens is 1. The van der Waals surface area contributed by atoms with Crippen molar-refractivity contribution in [1.29, 1.82) is 0 Å². The predicted octanol–water partition coefficient (Wildman–Crippen LogP) is 4.95. The maximum Gasteiger partial charge on any atom is 0.301 e. The third-order valence-corrected chi connectivity index (χ3v) is 4.13. The van der Waals surface area contributed by atoms with E-state index in [0.29, 0.717) is 5.03 Å². The Morgan fingerprint density at radius 1 is 1.05 bits per heavy atom. The number of nitrogens with zero attached hydrogens (tertiary/aromatic N) is 2. The van der Waals surface area contributed by atoms with Gasteiger partial charge >= 0.3 is 5.69 Å². The Balaban J connectivity index is 2.02. The summed E-state index contributed by atoms with van der Waals surface area (Å²) in [6.45, 7) is 0. The Morgan fingerprint density at radius 2 is 1.81 bits per heavy atom. The van der Waals surface area contributed by atoms with Gasteiger partial charge in [0.25, 0.3) is 0 Å². The van der Waals surface area contributed by atoms with Crippen LogP contribution in [0.15, 0.2) is 64.5 Å². The van der Waals surface area contributed by atoms with E-state index in [1.165, 1.54) is 23.9 Å². The molecule has 0 unspecified atom stereocenters. The molecule has 0 N–H and O–H groups in total.